The second-order valence-corrected chi connectivity index (χ2v) is 5.12. The third-order valence-electron chi connectivity index (χ3n) is 2.38. The quantitative estimate of drug-likeness (QED) is 0.531. The zero-order valence-corrected chi connectivity index (χ0v) is 12.5. The number of hydrogen-bond donors (Lipinski definition) is 2. The summed E-state index contributed by atoms with van der Waals surface area (Å²) < 4.78 is 4.75. The Morgan fingerprint density at radius 2 is 1.42 bits per heavy atom. The van der Waals surface area contributed by atoms with Gasteiger partial charge >= 0.3 is 0 Å². The average molecular weight is 272 g/mol. The number of carbonyl (C=O) groups is 2. The van der Waals surface area contributed by atoms with Crippen LogP contribution >= 0.6 is 0 Å². The number of rotatable bonds is 7. The van der Waals surface area contributed by atoms with Crippen molar-refractivity contribution in [3.05, 3.63) is 0 Å². The van der Waals surface area contributed by atoms with E-state index in [1.165, 1.54) is 7.11 Å². The van der Waals surface area contributed by atoms with E-state index < -0.39 is 11.1 Å². The van der Waals surface area contributed by atoms with E-state index in [1.54, 1.807) is 27.7 Å². The minimum Gasteiger partial charge on any atom is -0.364 e. The molecule has 2 N–H and O–H groups in total. The number of nitrogens with one attached hydrogen (secondary N) is 2. The highest BCUT2D eigenvalue weighted by Crippen LogP contribution is 2.16. The van der Waals surface area contributed by atoms with Gasteiger partial charge in [0, 0.05) is 13.7 Å². The number of nitrogens with zero attached hydrogens (tertiary/aromatic N) is 2. The number of likely N-dealkylation sites (N-methyl/N-ethyl adjacent to an activating group) is 1. The maximum Gasteiger partial charge on any atom is 0.251 e. The fourth-order valence-corrected chi connectivity index (χ4v) is 1.07. The summed E-state index contributed by atoms with van der Waals surface area (Å²) in [6.07, 6.45) is 0. The van der Waals surface area contributed by atoms with Crippen LogP contribution in [0, 0.1) is 0 Å². The van der Waals surface area contributed by atoms with Gasteiger partial charge in [0.2, 0.25) is 5.91 Å². The molecule has 7 nitrogen and oxygen atoms in total. The van der Waals surface area contributed by atoms with Gasteiger partial charge in [0.25, 0.3) is 5.91 Å². The largest absolute Gasteiger partial charge is 0.364 e. The van der Waals surface area contributed by atoms with Crippen LogP contribution < -0.4 is 10.6 Å². The van der Waals surface area contributed by atoms with Crippen LogP contribution in [0.25, 0.3) is 0 Å². The van der Waals surface area contributed by atoms with Gasteiger partial charge in [-0.25, -0.2) is 0 Å². The minimum absolute atomic E-state index is 0.109. The van der Waals surface area contributed by atoms with Crippen LogP contribution in [0.4, 0.5) is 0 Å². The first-order chi connectivity index (χ1) is 8.67. The summed E-state index contributed by atoms with van der Waals surface area (Å²) in [5.74, 6) is -0.545. The van der Waals surface area contributed by atoms with Gasteiger partial charge in [0.1, 0.15) is 6.73 Å². The Labute approximate surface area is 114 Å². The van der Waals surface area contributed by atoms with Gasteiger partial charge in [-0.1, -0.05) is 0 Å². The number of hydrogen-bond acceptors (Lipinski definition) is 5. The monoisotopic (exact) mass is 272 g/mol. The highest BCUT2D eigenvalue weighted by Gasteiger charge is 2.31. The summed E-state index contributed by atoms with van der Waals surface area (Å²) in [6.45, 7) is 8.99. The minimum atomic E-state index is -1.05. The molecule has 0 heterocycles. The van der Waals surface area contributed by atoms with Crippen molar-refractivity contribution >= 4 is 11.8 Å². The molecule has 0 aromatic rings. The molecule has 0 fully saturated rings. The lowest BCUT2D eigenvalue weighted by Crippen LogP contribution is -2.43. The maximum atomic E-state index is 11.8. The fraction of sp³-hybridized carbons (Fsp3) is 0.833. The Kier molecular flexibility index (Phi) is 6.61. The molecule has 19 heavy (non-hydrogen) atoms. The molecule has 0 rings (SSSR count). The molecule has 0 bridgehead atoms. The number of ether oxygens (including phenoxy) is 1. The third-order valence-corrected chi connectivity index (χ3v) is 2.38. The van der Waals surface area contributed by atoms with Crippen LogP contribution in [0.2, 0.25) is 0 Å². The summed E-state index contributed by atoms with van der Waals surface area (Å²) in [4.78, 5) is 23.5. The number of azo groups is 1. The number of methoxy groups -OCH3 is 1. The number of amides is 2. The second kappa shape index (κ2) is 7.18. The first kappa shape index (κ1) is 17.5. The van der Waals surface area contributed by atoms with Crippen molar-refractivity contribution in [2.45, 2.75) is 45.7 Å². The van der Waals surface area contributed by atoms with Crippen molar-refractivity contribution in [3.63, 3.8) is 0 Å². The van der Waals surface area contributed by atoms with E-state index in [4.69, 9.17) is 4.74 Å². The van der Waals surface area contributed by atoms with Crippen LogP contribution in [-0.4, -0.2) is 43.3 Å². The van der Waals surface area contributed by atoms with E-state index in [0.717, 1.165) is 0 Å². The van der Waals surface area contributed by atoms with Crippen LogP contribution in [0.15, 0.2) is 10.2 Å². The predicted octanol–water partition coefficient (Wildman–Crippen LogP) is 0.852. The maximum absolute atomic E-state index is 11.8. The van der Waals surface area contributed by atoms with Crippen molar-refractivity contribution in [1.82, 2.24) is 10.6 Å². The van der Waals surface area contributed by atoms with Gasteiger partial charge in [-0.2, -0.15) is 10.2 Å². The smallest absolute Gasteiger partial charge is 0.251 e. The third kappa shape index (κ3) is 5.78. The summed E-state index contributed by atoms with van der Waals surface area (Å²) in [5.41, 5.74) is -2.06. The van der Waals surface area contributed by atoms with Crippen LogP contribution in [0.3, 0.4) is 0 Å². The normalized spacial score (nSPS) is 12.5. The van der Waals surface area contributed by atoms with Crippen molar-refractivity contribution < 1.29 is 14.3 Å². The Balaban J connectivity index is 4.75. The lowest BCUT2D eigenvalue weighted by atomic mass is 10.1. The molecule has 0 aromatic carbocycles. The van der Waals surface area contributed by atoms with E-state index in [0.29, 0.717) is 6.54 Å². The zero-order chi connectivity index (χ0) is 15.1. The van der Waals surface area contributed by atoms with Crippen molar-refractivity contribution in [2.75, 3.05) is 20.4 Å². The number of carbonyl (C=O) groups excluding carboxylic acids is 2. The summed E-state index contributed by atoms with van der Waals surface area (Å²) >= 11 is 0. The first-order valence-electron chi connectivity index (χ1n) is 6.17. The SMILES string of the molecule is CCNC(=O)C(C)(C)N=NC(C)(C)C(=O)NCOC. The predicted molar refractivity (Wildman–Crippen MR) is 71.7 cm³/mol. The Hall–Kier alpha value is -1.50. The Morgan fingerprint density at radius 3 is 1.79 bits per heavy atom. The second-order valence-electron chi connectivity index (χ2n) is 5.12. The Morgan fingerprint density at radius 1 is 1.00 bits per heavy atom. The van der Waals surface area contributed by atoms with E-state index in [9.17, 15) is 9.59 Å². The van der Waals surface area contributed by atoms with Crippen LogP contribution in [0.5, 0.6) is 0 Å². The molecule has 0 atom stereocenters. The molecule has 2 amide bonds. The highest BCUT2D eigenvalue weighted by molar-refractivity contribution is 5.86. The lowest BCUT2D eigenvalue weighted by Gasteiger charge is -2.21. The molecular formula is C12H24N4O3. The lowest BCUT2D eigenvalue weighted by molar-refractivity contribution is -0.128. The molecule has 0 unspecified atom stereocenters. The summed E-state index contributed by atoms with van der Waals surface area (Å²) in [6, 6.07) is 0. The Bertz CT molecular complexity index is 351. The molecule has 110 valence electrons. The first-order valence-corrected chi connectivity index (χ1v) is 6.17. The molecule has 0 aliphatic rings. The van der Waals surface area contributed by atoms with Gasteiger partial charge in [0.05, 0.1) is 0 Å². The molecule has 0 saturated carbocycles. The highest BCUT2D eigenvalue weighted by atomic mass is 16.5. The van der Waals surface area contributed by atoms with E-state index in [-0.39, 0.29) is 18.5 Å². The van der Waals surface area contributed by atoms with Crippen LogP contribution in [0.1, 0.15) is 34.6 Å². The fourth-order valence-electron chi connectivity index (χ4n) is 1.07. The van der Waals surface area contributed by atoms with Gasteiger partial charge in [-0.05, 0) is 34.6 Å². The average Bonchev–Trinajstić information content (AvgIpc) is 2.34. The molecule has 0 radical (unpaired) electrons. The van der Waals surface area contributed by atoms with E-state index in [2.05, 4.69) is 20.9 Å². The van der Waals surface area contributed by atoms with Gasteiger partial charge in [-0.15, -0.1) is 0 Å². The molecular weight excluding hydrogens is 248 g/mol. The molecule has 0 spiro atoms. The molecule has 0 aliphatic heterocycles. The van der Waals surface area contributed by atoms with Crippen molar-refractivity contribution in [1.29, 1.82) is 0 Å². The molecule has 0 aliphatic carbocycles. The topological polar surface area (TPSA) is 92.2 Å². The van der Waals surface area contributed by atoms with Gasteiger partial charge in [-0.3, -0.25) is 9.59 Å². The van der Waals surface area contributed by atoms with Crippen LogP contribution in [-0.2, 0) is 14.3 Å². The van der Waals surface area contributed by atoms with Crippen molar-refractivity contribution in [3.8, 4) is 0 Å². The van der Waals surface area contributed by atoms with E-state index >= 15 is 0 Å². The molecule has 0 aromatic heterocycles. The van der Waals surface area contributed by atoms with E-state index in [1.807, 2.05) is 6.92 Å². The summed E-state index contributed by atoms with van der Waals surface area (Å²) in [5, 5.41) is 13.2. The summed E-state index contributed by atoms with van der Waals surface area (Å²) in [7, 11) is 1.48. The van der Waals surface area contributed by atoms with Gasteiger partial charge in [0.15, 0.2) is 11.1 Å². The molecule has 7 heteroatoms. The molecule has 0 saturated heterocycles. The standard InChI is InChI=1S/C12H24N4O3/c1-7-13-9(17)11(2,3)15-16-12(4,5)10(18)14-8-19-6/h7-8H2,1-6H3,(H,13,17)(H,14,18). The van der Waals surface area contributed by atoms with Crippen molar-refractivity contribution in [2.24, 2.45) is 10.2 Å². The zero-order valence-electron chi connectivity index (χ0n) is 12.5. The van der Waals surface area contributed by atoms with Gasteiger partial charge < -0.3 is 15.4 Å².